The van der Waals surface area contributed by atoms with Crippen molar-refractivity contribution in [2.75, 3.05) is 21.3 Å². The maximum atomic E-state index is 13.5. The number of methoxy groups -OCH3 is 3. The van der Waals surface area contributed by atoms with Crippen LogP contribution in [0.4, 0.5) is 0 Å². The zero-order valence-corrected chi connectivity index (χ0v) is 21.0. The molecule has 1 aromatic heterocycles. The van der Waals surface area contributed by atoms with E-state index in [-0.39, 0.29) is 11.1 Å². The van der Waals surface area contributed by atoms with E-state index in [2.05, 4.69) is 4.99 Å². The molecule has 8 nitrogen and oxygen atoms in total. The van der Waals surface area contributed by atoms with E-state index in [1.807, 2.05) is 30.3 Å². The van der Waals surface area contributed by atoms with Gasteiger partial charge in [0.1, 0.15) is 5.75 Å². The smallest absolute Gasteiger partial charge is 0.338 e. The van der Waals surface area contributed by atoms with Crippen LogP contribution in [-0.4, -0.2) is 37.8 Å². The van der Waals surface area contributed by atoms with E-state index in [0.29, 0.717) is 26.2 Å². The zero-order chi connectivity index (χ0) is 25.8. The lowest BCUT2D eigenvalue weighted by Gasteiger charge is -2.24. The fourth-order valence-corrected chi connectivity index (χ4v) is 4.98. The fraction of sp³-hybridized carbons (Fsp3) is 0.185. The Morgan fingerprint density at radius 1 is 1.00 bits per heavy atom. The van der Waals surface area contributed by atoms with E-state index in [9.17, 15) is 14.4 Å². The van der Waals surface area contributed by atoms with Crippen LogP contribution in [0.2, 0.25) is 0 Å². The van der Waals surface area contributed by atoms with Gasteiger partial charge in [-0.2, -0.15) is 0 Å². The molecule has 0 N–H and O–H groups in total. The SMILES string of the molecule is COC(=O)C1=C(C)N=c2sc(=CC=Cc3ccccc3OC)c(=O)n2C1c1ccc(C(=O)OC)cc1. The predicted octanol–water partition coefficient (Wildman–Crippen LogP) is 2.87. The lowest BCUT2D eigenvalue weighted by atomic mass is 9.95. The van der Waals surface area contributed by atoms with Gasteiger partial charge in [-0.15, -0.1) is 0 Å². The Balaban J connectivity index is 1.83. The summed E-state index contributed by atoms with van der Waals surface area (Å²) >= 11 is 1.23. The highest BCUT2D eigenvalue weighted by Gasteiger charge is 2.33. The maximum Gasteiger partial charge on any atom is 0.338 e. The summed E-state index contributed by atoms with van der Waals surface area (Å²) in [6.45, 7) is 1.71. The Hall–Kier alpha value is -4.24. The van der Waals surface area contributed by atoms with Gasteiger partial charge in [-0.25, -0.2) is 14.6 Å². The van der Waals surface area contributed by atoms with E-state index in [1.165, 1.54) is 30.1 Å². The van der Waals surface area contributed by atoms with E-state index in [4.69, 9.17) is 14.2 Å². The number of nitrogens with zero attached hydrogens (tertiary/aromatic N) is 2. The van der Waals surface area contributed by atoms with Crippen LogP contribution in [0.1, 0.15) is 34.5 Å². The molecule has 2 heterocycles. The number of carbonyl (C=O) groups excluding carboxylic acids is 2. The van der Waals surface area contributed by atoms with Crippen molar-refractivity contribution in [3.8, 4) is 5.75 Å². The van der Waals surface area contributed by atoms with Crippen molar-refractivity contribution in [3.63, 3.8) is 0 Å². The van der Waals surface area contributed by atoms with Gasteiger partial charge >= 0.3 is 11.9 Å². The summed E-state index contributed by atoms with van der Waals surface area (Å²) in [5.74, 6) is -0.340. The molecule has 1 unspecified atom stereocenters. The second-order valence-corrected chi connectivity index (χ2v) is 8.82. The number of hydrogen-bond acceptors (Lipinski definition) is 8. The lowest BCUT2D eigenvalue weighted by molar-refractivity contribution is -0.136. The first-order chi connectivity index (χ1) is 17.4. The molecule has 0 amide bonds. The monoisotopic (exact) mass is 504 g/mol. The van der Waals surface area contributed by atoms with Crippen LogP contribution in [0.25, 0.3) is 12.2 Å². The minimum absolute atomic E-state index is 0.256. The van der Waals surface area contributed by atoms with Gasteiger partial charge in [0.15, 0.2) is 4.80 Å². The summed E-state index contributed by atoms with van der Waals surface area (Å²) in [5.41, 5.74) is 2.29. The maximum absolute atomic E-state index is 13.5. The van der Waals surface area contributed by atoms with Gasteiger partial charge < -0.3 is 14.2 Å². The molecule has 9 heteroatoms. The standard InChI is InChI=1S/C27H24N2O6S/c1-16-22(26(32)35-4)23(18-12-14-19(15-13-18)25(31)34-3)29-24(30)21(36-27(29)28-16)11-7-9-17-8-5-6-10-20(17)33-2/h5-15,23H,1-4H3. The van der Waals surface area contributed by atoms with Gasteiger partial charge in [0, 0.05) is 5.56 Å². The van der Waals surface area contributed by atoms with Crippen molar-refractivity contribution in [3.05, 3.63) is 102 Å². The number of hydrogen-bond donors (Lipinski definition) is 0. The summed E-state index contributed by atoms with van der Waals surface area (Å²) in [4.78, 5) is 43.1. The number of ether oxygens (including phenoxy) is 3. The molecular weight excluding hydrogens is 480 g/mol. The minimum Gasteiger partial charge on any atom is -0.496 e. The van der Waals surface area contributed by atoms with E-state index in [1.54, 1.807) is 50.5 Å². The Bertz CT molecular complexity index is 1560. The van der Waals surface area contributed by atoms with Crippen molar-refractivity contribution in [1.82, 2.24) is 4.57 Å². The Labute approximate surface area is 211 Å². The zero-order valence-electron chi connectivity index (χ0n) is 20.2. The highest BCUT2D eigenvalue weighted by molar-refractivity contribution is 7.07. The molecule has 0 saturated heterocycles. The first-order valence-corrected chi connectivity index (χ1v) is 11.8. The van der Waals surface area contributed by atoms with Gasteiger partial charge in [-0.05, 0) is 36.8 Å². The van der Waals surface area contributed by atoms with Crippen LogP contribution < -0.4 is 19.6 Å². The molecule has 1 aliphatic rings. The number of thiazole rings is 1. The fourth-order valence-electron chi connectivity index (χ4n) is 3.98. The molecular formula is C27H24N2O6S. The van der Waals surface area contributed by atoms with Crippen molar-refractivity contribution >= 4 is 35.4 Å². The van der Waals surface area contributed by atoms with Crippen LogP contribution in [0.5, 0.6) is 5.75 Å². The van der Waals surface area contributed by atoms with Crippen molar-refractivity contribution in [2.45, 2.75) is 13.0 Å². The number of para-hydroxylation sites is 1. The molecule has 3 aromatic rings. The summed E-state index contributed by atoms with van der Waals surface area (Å²) < 4.78 is 17.1. The average Bonchev–Trinajstić information content (AvgIpc) is 3.21. The predicted molar refractivity (Wildman–Crippen MR) is 136 cm³/mol. The van der Waals surface area contributed by atoms with E-state index >= 15 is 0 Å². The van der Waals surface area contributed by atoms with Gasteiger partial charge in [0.25, 0.3) is 5.56 Å². The molecule has 2 aromatic carbocycles. The summed E-state index contributed by atoms with van der Waals surface area (Å²) in [6, 6.07) is 13.4. The van der Waals surface area contributed by atoms with Gasteiger partial charge in [-0.1, -0.05) is 53.8 Å². The van der Waals surface area contributed by atoms with Crippen molar-refractivity contribution in [1.29, 1.82) is 0 Å². The second kappa shape index (κ2) is 10.6. The number of aromatic nitrogens is 1. The van der Waals surface area contributed by atoms with Crippen LogP contribution >= 0.6 is 11.3 Å². The Morgan fingerprint density at radius 3 is 2.36 bits per heavy atom. The average molecular weight is 505 g/mol. The first-order valence-electron chi connectivity index (χ1n) is 11.0. The Morgan fingerprint density at radius 2 is 1.69 bits per heavy atom. The molecule has 0 spiro atoms. The van der Waals surface area contributed by atoms with Gasteiger partial charge in [-0.3, -0.25) is 9.36 Å². The molecule has 4 rings (SSSR count). The number of benzene rings is 2. The van der Waals surface area contributed by atoms with E-state index in [0.717, 1.165) is 11.3 Å². The second-order valence-electron chi connectivity index (χ2n) is 7.81. The first kappa shape index (κ1) is 24.9. The molecule has 36 heavy (non-hydrogen) atoms. The molecule has 0 fully saturated rings. The van der Waals surface area contributed by atoms with Gasteiger partial charge in [0.2, 0.25) is 0 Å². The van der Waals surface area contributed by atoms with E-state index < -0.39 is 18.0 Å². The summed E-state index contributed by atoms with van der Waals surface area (Å²) in [6.07, 6.45) is 5.34. The number of esters is 2. The quantitative estimate of drug-likeness (QED) is 0.479. The third-order valence-electron chi connectivity index (χ3n) is 5.74. The largest absolute Gasteiger partial charge is 0.496 e. The normalized spacial score (nSPS) is 15.4. The number of fused-ring (bicyclic) bond motifs is 1. The number of allylic oxidation sites excluding steroid dienone is 2. The lowest BCUT2D eigenvalue weighted by Crippen LogP contribution is -2.39. The van der Waals surface area contributed by atoms with Crippen LogP contribution in [0, 0.1) is 0 Å². The van der Waals surface area contributed by atoms with Crippen LogP contribution in [0.15, 0.2) is 75.7 Å². The minimum atomic E-state index is -0.763. The number of rotatable bonds is 6. The highest BCUT2D eigenvalue weighted by atomic mass is 32.1. The highest BCUT2D eigenvalue weighted by Crippen LogP contribution is 2.30. The third-order valence-corrected chi connectivity index (χ3v) is 6.74. The number of carbonyl (C=O) groups is 2. The molecule has 0 aliphatic carbocycles. The summed E-state index contributed by atoms with van der Waals surface area (Å²) in [7, 11) is 4.19. The van der Waals surface area contributed by atoms with Crippen molar-refractivity contribution < 1.29 is 23.8 Å². The molecule has 0 saturated carbocycles. The van der Waals surface area contributed by atoms with Gasteiger partial charge in [0.05, 0.1) is 48.7 Å². The van der Waals surface area contributed by atoms with Crippen LogP contribution in [0.3, 0.4) is 0 Å². The van der Waals surface area contributed by atoms with Crippen LogP contribution in [-0.2, 0) is 14.3 Å². The third kappa shape index (κ3) is 4.65. The van der Waals surface area contributed by atoms with Crippen molar-refractivity contribution in [2.24, 2.45) is 4.99 Å². The topological polar surface area (TPSA) is 96.2 Å². The molecule has 184 valence electrons. The Kier molecular flexibility index (Phi) is 7.30. The molecule has 1 atom stereocenters. The molecule has 0 bridgehead atoms. The molecule has 1 aliphatic heterocycles. The molecule has 0 radical (unpaired) electrons. The summed E-state index contributed by atoms with van der Waals surface area (Å²) in [5, 5.41) is 0.